The number of anilines is 1. The van der Waals surface area contributed by atoms with Crippen molar-refractivity contribution in [3.8, 4) is 11.1 Å². The number of benzene rings is 1. The zero-order valence-corrected chi connectivity index (χ0v) is 14.4. The van der Waals surface area contributed by atoms with E-state index >= 15 is 0 Å². The molecule has 1 N–H and O–H groups in total. The molecule has 1 radical (unpaired) electrons. The third-order valence-electron chi connectivity index (χ3n) is 5.49. The first-order chi connectivity index (χ1) is 11.8. The van der Waals surface area contributed by atoms with Gasteiger partial charge in [-0.05, 0) is 50.7 Å². The molecule has 127 valence electrons. The molecule has 4 rings (SSSR count). The van der Waals surface area contributed by atoms with Crippen molar-refractivity contribution >= 4 is 5.69 Å². The van der Waals surface area contributed by atoms with Gasteiger partial charge in [0.1, 0.15) is 0 Å². The lowest BCUT2D eigenvalue weighted by atomic mass is 10.0. The predicted octanol–water partition coefficient (Wildman–Crippen LogP) is 2.09. The highest BCUT2D eigenvalue weighted by Crippen LogP contribution is 2.25. The van der Waals surface area contributed by atoms with Gasteiger partial charge in [0.2, 0.25) is 0 Å². The molecule has 2 aromatic rings. The summed E-state index contributed by atoms with van der Waals surface area (Å²) in [4.78, 5) is 7.66. The van der Waals surface area contributed by atoms with Gasteiger partial charge in [0.15, 0.2) is 0 Å². The molecule has 5 nitrogen and oxygen atoms in total. The first-order valence-electron chi connectivity index (χ1n) is 8.98. The molecule has 0 atom stereocenters. The highest BCUT2D eigenvalue weighted by molar-refractivity contribution is 5.67. The van der Waals surface area contributed by atoms with Crippen LogP contribution >= 0.6 is 0 Å². The minimum atomic E-state index is 0.787. The Labute approximate surface area is 144 Å². The summed E-state index contributed by atoms with van der Waals surface area (Å²) in [6, 6.07) is 9.52. The second-order valence-electron chi connectivity index (χ2n) is 7.02. The zero-order chi connectivity index (χ0) is 16.4. The molecule has 0 saturated carbocycles. The SMILES string of the molecule is CN1CCC(N2CCN(c3cccc(-c4[c][nH]nc4)c3)CC2)CC1. The number of nitrogens with one attached hydrogen (secondary N) is 1. The predicted molar refractivity (Wildman–Crippen MR) is 97.2 cm³/mol. The van der Waals surface area contributed by atoms with Crippen LogP contribution in [0.25, 0.3) is 11.1 Å². The number of likely N-dealkylation sites (tertiary alicyclic amines) is 1. The van der Waals surface area contributed by atoms with Crippen molar-refractivity contribution in [1.82, 2.24) is 20.0 Å². The molecule has 5 heteroatoms. The lowest BCUT2D eigenvalue weighted by molar-refractivity contribution is 0.115. The fourth-order valence-corrected chi connectivity index (χ4v) is 3.94. The maximum absolute atomic E-state index is 4.00. The number of nitrogens with zero attached hydrogens (tertiary/aromatic N) is 4. The highest BCUT2D eigenvalue weighted by Gasteiger charge is 2.26. The Morgan fingerprint density at radius 1 is 1.08 bits per heavy atom. The summed E-state index contributed by atoms with van der Waals surface area (Å²) >= 11 is 0. The smallest absolute Gasteiger partial charge is 0.0913 e. The van der Waals surface area contributed by atoms with E-state index in [2.05, 4.69) is 62.4 Å². The Morgan fingerprint density at radius 3 is 2.58 bits per heavy atom. The molecule has 2 saturated heterocycles. The summed E-state index contributed by atoms with van der Waals surface area (Å²) in [5.41, 5.74) is 3.52. The van der Waals surface area contributed by atoms with E-state index in [9.17, 15) is 0 Å². The summed E-state index contributed by atoms with van der Waals surface area (Å²) in [5, 5.41) is 6.78. The van der Waals surface area contributed by atoms with E-state index in [0.29, 0.717) is 0 Å². The molecular formula is C19H26N5. The first-order valence-corrected chi connectivity index (χ1v) is 8.98. The van der Waals surface area contributed by atoms with Crippen molar-refractivity contribution in [1.29, 1.82) is 0 Å². The van der Waals surface area contributed by atoms with Gasteiger partial charge in [0.25, 0.3) is 0 Å². The summed E-state index contributed by atoms with van der Waals surface area (Å²) in [6.45, 7) is 7.07. The number of piperidine rings is 1. The quantitative estimate of drug-likeness (QED) is 0.938. The van der Waals surface area contributed by atoms with Gasteiger partial charge in [-0.2, -0.15) is 5.10 Å². The fourth-order valence-electron chi connectivity index (χ4n) is 3.94. The second-order valence-corrected chi connectivity index (χ2v) is 7.02. The maximum Gasteiger partial charge on any atom is 0.0913 e. The van der Waals surface area contributed by atoms with Gasteiger partial charge in [-0.3, -0.25) is 10.00 Å². The number of piperazine rings is 1. The van der Waals surface area contributed by atoms with Crippen LogP contribution in [0, 0.1) is 6.20 Å². The van der Waals surface area contributed by atoms with Crippen LogP contribution in [-0.4, -0.2) is 72.4 Å². The largest absolute Gasteiger partial charge is 0.369 e. The zero-order valence-electron chi connectivity index (χ0n) is 14.4. The topological polar surface area (TPSA) is 38.4 Å². The molecule has 24 heavy (non-hydrogen) atoms. The normalized spacial score (nSPS) is 21.3. The number of aromatic amines is 1. The molecule has 1 aromatic heterocycles. The lowest BCUT2D eigenvalue weighted by Gasteiger charge is -2.43. The summed E-state index contributed by atoms with van der Waals surface area (Å²) in [7, 11) is 2.23. The number of aromatic nitrogens is 2. The minimum absolute atomic E-state index is 0.787. The molecule has 2 aliphatic rings. The number of H-pyrrole nitrogens is 1. The average Bonchev–Trinajstić information content (AvgIpc) is 3.17. The monoisotopic (exact) mass is 324 g/mol. The van der Waals surface area contributed by atoms with Crippen molar-refractivity contribution in [3.05, 3.63) is 36.7 Å². The fraction of sp³-hybridized carbons (Fsp3) is 0.526. The Kier molecular flexibility index (Phi) is 4.54. The van der Waals surface area contributed by atoms with Crippen LogP contribution < -0.4 is 4.90 Å². The van der Waals surface area contributed by atoms with Gasteiger partial charge >= 0.3 is 0 Å². The van der Waals surface area contributed by atoms with Gasteiger partial charge < -0.3 is 9.80 Å². The Hall–Kier alpha value is -1.85. The molecule has 2 aliphatic heterocycles. The Balaban J connectivity index is 1.38. The molecule has 0 unspecified atom stereocenters. The van der Waals surface area contributed by atoms with Crippen LogP contribution in [0.15, 0.2) is 30.5 Å². The maximum atomic E-state index is 4.00. The molecule has 0 amide bonds. The third-order valence-corrected chi connectivity index (χ3v) is 5.49. The van der Waals surface area contributed by atoms with Crippen LogP contribution in [0.1, 0.15) is 12.8 Å². The van der Waals surface area contributed by atoms with Crippen LogP contribution in [0.5, 0.6) is 0 Å². The van der Waals surface area contributed by atoms with Crippen LogP contribution in [0.2, 0.25) is 0 Å². The van der Waals surface area contributed by atoms with Crippen LogP contribution in [-0.2, 0) is 0 Å². The van der Waals surface area contributed by atoms with E-state index in [-0.39, 0.29) is 0 Å². The van der Waals surface area contributed by atoms with Gasteiger partial charge in [-0.1, -0.05) is 12.1 Å². The van der Waals surface area contributed by atoms with Crippen molar-refractivity contribution in [2.75, 3.05) is 51.2 Å². The number of hydrogen-bond donors (Lipinski definition) is 1. The Morgan fingerprint density at radius 2 is 1.88 bits per heavy atom. The van der Waals surface area contributed by atoms with E-state index in [1.54, 1.807) is 0 Å². The standard InChI is InChI=1S/C19H26N5/c1-22-7-5-18(6-8-22)23-9-11-24(12-10-23)19-4-2-3-16(13-19)17-14-20-21-15-17/h2-4,13-14,18H,5-12H2,1H3,(H,20,21). The summed E-state index contributed by atoms with van der Waals surface area (Å²) in [6.07, 6.45) is 7.54. The van der Waals surface area contributed by atoms with Gasteiger partial charge in [-0.15, -0.1) is 0 Å². The average molecular weight is 324 g/mol. The van der Waals surface area contributed by atoms with E-state index in [1.807, 2.05) is 6.20 Å². The highest BCUT2D eigenvalue weighted by atomic mass is 15.3. The molecule has 0 spiro atoms. The van der Waals surface area contributed by atoms with Crippen LogP contribution in [0.3, 0.4) is 0 Å². The summed E-state index contributed by atoms with van der Waals surface area (Å²) in [5.74, 6) is 0. The van der Waals surface area contributed by atoms with Gasteiger partial charge in [0.05, 0.1) is 12.4 Å². The lowest BCUT2D eigenvalue weighted by Crippen LogP contribution is -2.53. The van der Waals surface area contributed by atoms with Gasteiger partial charge in [-0.25, -0.2) is 0 Å². The van der Waals surface area contributed by atoms with Crippen molar-refractivity contribution in [2.45, 2.75) is 18.9 Å². The van der Waals surface area contributed by atoms with E-state index in [0.717, 1.165) is 24.7 Å². The van der Waals surface area contributed by atoms with Crippen molar-refractivity contribution in [3.63, 3.8) is 0 Å². The van der Waals surface area contributed by atoms with Crippen LogP contribution in [0.4, 0.5) is 5.69 Å². The molecule has 1 aromatic carbocycles. The molecular weight excluding hydrogens is 298 g/mol. The minimum Gasteiger partial charge on any atom is -0.369 e. The van der Waals surface area contributed by atoms with E-state index in [4.69, 9.17) is 0 Å². The second kappa shape index (κ2) is 6.95. The van der Waals surface area contributed by atoms with E-state index < -0.39 is 0 Å². The number of hydrogen-bond acceptors (Lipinski definition) is 4. The molecule has 0 aliphatic carbocycles. The Bertz CT molecular complexity index is 638. The first kappa shape index (κ1) is 15.7. The molecule has 0 bridgehead atoms. The van der Waals surface area contributed by atoms with E-state index in [1.165, 1.54) is 50.3 Å². The van der Waals surface area contributed by atoms with Crippen molar-refractivity contribution < 1.29 is 0 Å². The van der Waals surface area contributed by atoms with Crippen molar-refractivity contribution in [2.24, 2.45) is 0 Å². The third kappa shape index (κ3) is 3.32. The van der Waals surface area contributed by atoms with Gasteiger partial charge in [0, 0.05) is 43.5 Å². The summed E-state index contributed by atoms with van der Waals surface area (Å²) < 4.78 is 0. The molecule has 3 heterocycles. The molecule has 2 fully saturated rings. The number of rotatable bonds is 3.